The average Bonchev–Trinajstić information content (AvgIpc) is 2.93. The lowest BCUT2D eigenvalue weighted by atomic mass is 10.1. The summed E-state index contributed by atoms with van der Waals surface area (Å²) in [6.07, 6.45) is 0. The zero-order chi connectivity index (χ0) is 14.8. The molecule has 108 valence electrons. The highest BCUT2D eigenvalue weighted by Crippen LogP contribution is 2.18. The number of tetrazole rings is 1. The number of benzene rings is 1. The Balaban J connectivity index is 1.91. The molecule has 3 rings (SSSR count). The largest absolute Gasteiger partial charge is 0.399 e. The fourth-order valence-corrected chi connectivity index (χ4v) is 2.14. The minimum Gasteiger partial charge on any atom is -0.399 e. The number of nitrogens with two attached hydrogens (primary N) is 1. The summed E-state index contributed by atoms with van der Waals surface area (Å²) < 4.78 is 1.44. The van der Waals surface area contributed by atoms with Gasteiger partial charge in [0.25, 0.3) is 0 Å². The number of hydrogen-bond donors (Lipinski definition) is 1. The monoisotopic (exact) mass is 283 g/mol. The van der Waals surface area contributed by atoms with Crippen LogP contribution in [0.4, 0.5) is 11.5 Å². The Morgan fingerprint density at radius 3 is 2.62 bits per heavy atom. The van der Waals surface area contributed by atoms with Gasteiger partial charge in [0.1, 0.15) is 0 Å². The number of rotatable bonds is 4. The molecule has 7 heteroatoms. The van der Waals surface area contributed by atoms with E-state index in [4.69, 9.17) is 5.73 Å². The first-order valence-electron chi connectivity index (χ1n) is 6.80. The minimum atomic E-state index is 0.295. The number of anilines is 2. The van der Waals surface area contributed by atoms with Crippen LogP contribution in [0.5, 0.6) is 0 Å². The van der Waals surface area contributed by atoms with Gasteiger partial charge in [-0.15, -0.1) is 14.8 Å². The van der Waals surface area contributed by atoms with E-state index in [2.05, 4.69) is 39.4 Å². The van der Waals surface area contributed by atoms with Crippen LogP contribution in [-0.4, -0.2) is 31.3 Å². The molecule has 1 aromatic carbocycles. The van der Waals surface area contributed by atoms with Crippen LogP contribution in [0.15, 0.2) is 36.4 Å². The highest BCUT2D eigenvalue weighted by Gasteiger charge is 2.14. The molecule has 0 radical (unpaired) electrons. The van der Waals surface area contributed by atoms with Gasteiger partial charge >= 0.3 is 0 Å². The molecule has 2 heterocycles. The van der Waals surface area contributed by atoms with Crippen molar-refractivity contribution < 1.29 is 0 Å². The van der Waals surface area contributed by atoms with Crippen LogP contribution < -0.4 is 10.6 Å². The molecule has 3 aromatic rings. The standard InChI is InChI=1S/C14H17N7/c1-10(2)20(9-11-3-5-12(15)6-4-11)14-8-7-13-16-18-19-21(13)17-14/h3-8,10H,9,15H2,1-2H3. The van der Waals surface area contributed by atoms with E-state index in [1.54, 1.807) is 0 Å². The predicted octanol–water partition coefficient (Wildman–Crippen LogP) is 1.52. The molecule has 0 saturated carbocycles. The van der Waals surface area contributed by atoms with Crippen LogP contribution in [-0.2, 0) is 6.54 Å². The molecule has 0 atom stereocenters. The minimum absolute atomic E-state index is 0.295. The first-order chi connectivity index (χ1) is 10.1. The van der Waals surface area contributed by atoms with Gasteiger partial charge in [-0.1, -0.05) is 12.1 Å². The molecule has 0 unspecified atom stereocenters. The molecule has 0 bridgehead atoms. The maximum absolute atomic E-state index is 5.73. The molecule has 0 amide bonds. The van der Waals surface area contributed by atoms with E-state index in [9.17, 15) is 0 Å². The summed E-state index contributed by atoms with van der Waals surface area (Å²) in [5, 5.41) is 15.8. The first-order valence-corrected chi connectivity index (χ1v) is 6.80. The number of aromatic nitrogens is 5. The number of nitrogens with zero attached hydrogens (tertiary/aromatic N) is 6. The molecule has 0 saturated heterocycles. The maximum atomic E-state index is 5.73. The molecule has 2 N–H and O–H groups in total. The number of hydrogen-bond acceptors (Lipinski definition) is 6. The summed E-state index contributed by atoms with van der Waals surface area (Å²) in [4.78, 5) is 2.19. The van der Waals surface area contributed by atoms with Gasteiger partial charge in [0.15, 0.2) is 11.5 Å². The molecule has 0 aliphatic rings. The van der Waals surface area contributed by atoms with E-state index in [0.717, 1.165) is 18.1 Å². The van der Waals surface area contributed by atoms with Crippen LogP contribution in [0, 0.1) is 0 Å². The Labute approximate surface area is 122 Å². The van der Waals surface area contributed by atoms with Crippen molar-refractivity contribution in [1.29, 1.82) is 0 Å². The van der Waals surface area contributed by atoms with E-state index >= 15 is 0 Å². The normalized spacial score (nSPS) is 11.2. The van der Waals surface area contributed by atoms with Crippen molar-refractivity contribution in [3.63, 3.8) is 0 Å². The van der Waals surface area contributed by atoms with Crippen molar-refractivity contribution in [2.45, 2.75) is 26.4 Å². The van der Waals surface area contributed by atoms with Crippen molar-refractivity contribution in [3.8, 4) is 0 Å². The first kappa shape index (κ1) is 13.3. The topological polar surface area (TPSA) is 85.2 Å². The van der Waals surface area contributed by atoms with E-state index in [1.165, 1.54) is 10.2 Å². The fraction of sp³-hybridized carbons (Fsp3) is 0.286. The molecule has 2 aromatic heterocycles. The van der Waals surface area contributed by atoms with E-state index in [0.29, 0.717) is 11.7 Å². The van der Waals surface area contributed by atoms with Crippen molar-refractivity contribution in [2.75, 3.05) is 10.6 Å². The van der Waals surface area contributed by atoms with Crippen molar-refractivity contribution in [2.24, 2.45) is 0 Å². The zero-order valence-corrected chi connectivity index (χ0v) is 12.0. The Hall–Kier alpha value is -2.70. The van der Waals surface area contributed by atoms with Crippen LogP contribution in [0.25, 0.3) is 5.65 Å². The number of fused-ring (bicyclic) bond motifs is 1. The quantitative estimate of drug-likeness (QED) is 0.731. The molecule has 0 spiro atoms. The average molecular weight is 283 g/mol. The van der Waals surface area contributed by atoms with Crippen LogP contribution in [0.3, 0.4) is 0 Å². The van der Waals surface area contributed by atoms with Crippen LogP contribution in [0.2, 0.25) is 0 Å². The second-order valence-corrected chi connectivity index (χ2v) is 5.18. The third kappa shape index (κ3) is 2.76. The highest BCUT2D eigenvalue weighted by molar-refractivity contribution is 5.46. The van der Waals surface area contributed by atoms with Gasteiger partial charge in [-0.2, -0.15) is 0 Å². The van der Waals surface area contributed by atoms with Crippen molar-refractivity contribution in [3.05, 3.63) is 42.0 Å². The van der Waals surface area contributed by atoms with Gasteiger partial charge in [-0.25, -0.2) is 0 Å². The summed E-state index contributed by atoms with van der Waals surface area (Å²) in [6.45, 7) is 5.00. The van der Waals surface area contributed by atoms with Gasteiger partial charge in [0.2, 0.25) is 0 Å². The SMILES string of the molecule is CC(C)N(Cc1ccc(N)cc1)c1ccc2nnnn2n1. The van der Waals surface area contributed by atoms with Crippen LogP contribution >= 0.6 is 0 Å². The fourth-order valence-electron chi connectivity index (χ4n) is 2.14. The lowest BCUT2D eigenvalue weighted by molar-refractivity contribution is 0.647. The smallest absolute Gasteiger partial charge is 0.200 e. The second kappa shape index (κ2) is 5.35. The number of nitrogen functional groups attached to an aromatic ring is 1. The molecule has 7 nitrogen and oxygen atoms in total. The zero-order valence-electron chi connectivity index (χ0n) is 12.0. The van der Waals surface area contributed by atoms with E-state index in [-0.39, 0.29) is 0 Å². The molecule has 0 aliphatic carbocycles. The summed E-state index contributed by atoms with van der Waals surface area (Å²) in [5.41, 5.74) is 8.31. The molecular weight excluding hydrogens is 266 g/mol. The highest BCUT2D eigenvalue weighted by atomic mass is 15.6. The Bertz CT molecular complexity index is 732. The molecule has 21 heavy (non-hydrogen) atoms. The van der Waals surface area contributed by atoms with Gasteiger partial charge in [-0.3, -0.25) is 0 Å². The second-order valence-electron chi connectivity index (χ2n) is 5.18. The van der Waals surface area contributed by atoms with Crippen LogP contribution in [0.1, 0.15) is 19.4 Å². The molecule has 0 aliphatic heterocycles. The van der Waals surface area contributed by atoms with Crippen molar-refractivity contribution >= 4 is 17.2 Å². The van der Waals surface area contributed by atoms with E-state index < -0.39 is 0 Å². The summed E-state index contributed by atoms with van der Waals surface area (Å²) in [7, 11) is 0. The Kier molecular flexibility index (Phi) is 3.39. The van der Waals surface area contributed by atoms with Gasteiger partial charge in [0, 0.05) is 18.3 Å². The third-order valence-electron chi connectivity index (χ3n) is 3.31. The van der Waals surface area contributed by atoms with E-state index in [1.807, 2.05) is 36.4 Å². The lowest BCUT2D eigenvalue weighted by Gasteiger charge is -2.27. The predicted molar refractivity (Wildman–Crippen MR) is 80.8 cm³/mol. The third-order valence-corrected chi connectivity index (χ3v) is 3.31. The summed E-state index contributed by atoms with van der Waals surface area (Å²) in [6, 6.07) is 12.0. The lowest BCUT2D eigenvalue weighted by Crippen LogP contribution is -2.31. The Morgan fingerprint density at radius 2 is 1.90 bits per heavy atom. The molecule has 0 fully saturated rings. The Morgan fingerprint density at radius 1 is 1.14 bits per heavy atom. The maximum Gasteiger partial charge on any atom is 0.200 e. The summed E-state index contributed by atoms with van der Waals surface area (Å²) >= 11 is 0. The van der Waals surface area contributed by atoms with Gasteiger partial charge in [-0.05, 0) is 54.1 Å². The molecular formula is C14H17N7. The van der Waals surface area contributed by atoms with Gasteiger partial charge in [0.05, 0.1) is 0 Å². The van der Waals surface area contributed by atoms with Gasteiger partial charge < -0.3 is 10.6 Å². The van der Waals surface area contributed by atoms with Crippen molar-refractivity contribution in [1.82, 2.24) is 25.3 Å². The summed E-state index contributed by atoms with van der Waals surface area (Å²) in [5.74, 6) is 0.835.